The highest BCUT2D eigenvalue weighted by atomic mass is 19.1. The maximum Gasteiger partial charge on any atom is 0.255 e. The Morgan fingerprint density at radius 3 is 2.59 bits per heavy atom. The van der Waals surface area contributed by atoms with Crippen LogP contribution in [0.1, 0.15) is 45.9 Å². The number of aromatic nitrogens is 1. The predicted molar refractivity (Wildman–Crippen MR) is 112 cm³/mol. The van der Waals surface area contributed by atoms with E-state index in [0.29, 0.717) is 16.9 Å². The molecule has 3 aromatic rings. The molecule has 6 nitrogen and oxygen atoms in total. The Hall–Kier alpha value is -4.12. The third kappa shape index (κ3) is 4.32. The van der Waals surface area contributed by atoms with E-state index in [0.717, 1.165) is 0 Å². The quantitative estimate of drug-likeness (QED) is 0.628. The highest BCUT2D eigenvalue weighted by Crippen LogP contribution is 2.39. The minimum atomic E-state index is -0.636. The van der Waals surface area contributed by atoms with E-state index in [1.807, 2.05) is 6.07 Å². The predicted octanol–water partition coefficient (Wildman–Crippen LogP) is 4.35. The standard InChI is InChI=1S/C24H18F2N4O2/c25-17-7-4-15(5-8-17)14-30-20(23-18(24(30)32)2-1-3-19(23)26)9-11-22(31)29-21-10-6-16(12-27)13-28-21/h1-8,10,13,20H,9,11,14H2,(H,28,29,31). The van der Waals surface area contributed by atoms with Crippen molar-refractivity contribution in [2.75, 3.05) is 5.32 Å². The van der Waals surface area contributed by atoms with Crippen LogP contribution in [0, 0.1) is 23.0 Å². The number of halogens is 2. The number of nitriles is 1. The molecule has 1 N–H and O–H groups in total. The third-order valence-electron chi connectivity index (χ3n) is 5.32. The second-order valence-electron chi connectivity index (χ2n) is 7.41. The van der Waals surface area contributed by atoms with Gasteiger partial charge in [0.25, 0.3) is 5.91 Å². The van der Waals surface area contributed by atoms with Crippen molar-refractivity contribution in [3.05, 3.63) is 94.7 Å². The Labute approximate surface area is 183 Å². The number of carbonyl (C=O) groups is 2. The summed E-state index contributed by atoms with van der Waals surface area (Å²) in [7, 11) is 0. The van der Waals surface area contributed by atoms with Gasteiger partial charge in [0.05, 0.1) is 11.6 Å². The average molecular weight is 432 g/mol. The van der Waals surface area contributed by atoms with E-state index in [1.54, 1.807) is 18.2 Å². The lowest BCUT2D eigenvalue weighted by molar-refractivity contribution is -0.116. The summed E-state index contributed by atoms with van der Waals surface area (Å²) in [5.41, 5.74) is 1.61. The van der Waals surface area contributed by atoms with Gasteiger partial charge >= 0.3 is 0 Å². The topological polar surface area (TPSA) is 86.1 Å². The largest absolute Gasteiger partial charge is 0.327 e. The highest BCUT2D eigenvalue weighted by molar-refractivity contribution is 5.99. The molecule has 0 saturated carbocycles. The fraction of sp³-hybridized carbons (Fsp3) is 0.167. The molecule has 0 aliphatic carbocycles. The number of fused-ring (bicyclic) bond motifs is 1. The van der Waals surface area contributed by atoms with Crippen LogP contribution in [0.2, 0.25) is 0 Å². The van der Waals surface area contributed by atoms with Gasteiger partial charge in [-0.2, -0.15) is 5.26 Å². The van der Waals surface area contributed by atoms with Crippen LogP contribution in [0.3, 0.4) is 0 Å². The summed E-state index contributed by atoms with van der Waals surface area (Å²) in [6.45, 7) is 0.163. The minimum absolute atomic E-state index is 0.0212. The summed E-state index contributed by atoms with van der Waals surface area (Å²) in [4.78, 5) is 30.9. The van der Waals surface area contributed by atoms with Gasteiger partial charge in [-0.05, 0) is 48.4 Å². The van der Waals surface area contributed by atoms with Gasteiger partial charge in [-0.3, -0.25) is 9.59 Å². The van der Waals surface area contributed by atoms with Gasteiger partial charge in [-0.1, -0.05) is 18.2 Å². The molecule has 1 unspecified atom stereocenters. The summed E-state index contributed by atoms with van der Waals surface area (Å²) < 4.78 is 27.9. The lowest BCUT2D eigenvalue weighted by Crippen LogP contribution is -2.28. The monoisotopic (exact) mass is 432 g/mol. The molecule has 160 valence electrons. The maximum absolute atomic E-state index is 14.7. The van der Waals surface area contributed by atoms with E-state index < -0.39 is 11.9 Å². The first-order valence-electron chi connectivity index (χ1n) is 9.96. The van der Waals surface area contributed by atoms with Crippen molar-refractivity contribution >= 4 is 17.6 Å². The second-order valence-corrected chi connectivity index (χ2v) is 7.41. The molecule has 2 aromatic carbocycles. The van der Waals surface area contributed by atoms with E-state index >= 15 is 0 Å². The molecule has 32 heavy (non-hydrogen) atoms. The summed E-state index contributed by atoms with van der Waals surface area (Å²) in [6.07, 6.45) is 1.57. The number of anilines is 1. The van der Waals surface area contributed by atoms with Crippen molar-refractivity contribution in [3.63, 3.8) is 0 Å². The van der Waals surface area contributed by atoms with E-state index in [4.69, 9.17) is 5.26 Å². The van der Waals surface area contributed by atoms with Crippen molar-refractivity contribution < 1.29 is 18.4 Å². The van der Waals surface area contributed by atoms with Crippen LogP contribution in [0.15, 0.2) is 60.8 Å². The summed E-state index contributed by atoms with van der Waals surface area (Å²) in [6, 6.07) is 14.5. The van der Waals surface area contributed by atoms with Crippen LogP contribution in [0.5, 0.6) is 0 Å². The molecule has 1 aliphatic heterocycles. The normalized spacial score (nSPS) is 14.7. The smallest absolute Gasteiger partial charge is 0.255 e. The lowest BCUT2D eigenvalue weighted by Gasteiger charge is -2.25. The van der Waals surface area contributed by atoms with Crippen molar-refractivity contribution in [2.24, 2.45) is 0 Å². The Morgan fingerprint density at radius 1 is 1.12 bits per heavy atom. The zero-order chi connectivity index (χ0) is 22.7. The lowest BCUT2D eigenvalue weighted by atomic mass is 9.99. The highest BCUT2D eigenvalue weighted by Gasteiger charge is 2.38. The Morgan fingerprint density at radius 2 is 1.91 bits per heavy atom. The molecule has 0 fully saturated rings. The Bertz CT molecular complexity index is 1200. The number of nitrogens with one attached hydrogen (secondary N) is 1. The van der Waals surface area contributed by atoms with Gasteiger partial charge in [0.15, 0.2) is 0 Å². The van der Waals surface area contributed by atoms with Crippen LogP contribution in [-0.4, -0.2) is 21.7 Å². The number of amides is 2. The number of hydrogen-bond donors (Lipinski definition) is 1. The number of carbonyl (C=O) groups excluding carboxylic acids is 2. The van der Waals surface area contributed by atoms with Crippen molar-refractivity contribution in [1.29, 1.82) is 5.26 Å². The van der Waals surface area contributed by atoms with E-state index in [-0.39, 0.29) is 48.1 Å². The van der Waals surface area contributed by atoms with E-state index in [1.165, 1.54) is 47.5 Å². The molecule has 2 amide bonds. The SMILES string of the molecule is N#Cc1ccc(NC(=O)CCC2c3c(F)cccc3C(=O)N2Cc2ccc(F)cc2)nc1. The first kappa shape index (κ1) is 21.1. The Balaban J connectivity index is 1.51. The minimum Gasteiger partial charge on any atom is -0.327 e. The number of nitrogens with zero attached hydrogens (tertiary/aromatic N) is 3. The molecular weight excluding hydrogens is 414 g/mol. The maximum atomic E-state index is 14.7. The van der Waals surface area contributed by atoms with Crippen molar-refractivity contribution in [3.8, 4) is 6.07 Å². The Kier molecular flexibility index (Phi) is 5.90. The molecule has 0 saturated heterocycles. The molecule has 0 radical (unpaired) electrons. The van der Waals surface area contributed by atoms with E-state index in [9.17, 15) is 18.4 Å². The van der Waals surface area contributed by atoms with Crippen LogP contribution in [0.4, 0.5) is 14.6 Å². The van der Waals surface area contributed by atoms with E-state index in [2.05, 4.69) is 10.3 Å². The van der Waals surface area contributed by atoms with Gasteiger partial charge in [-0.25, -0.2) is 13.8 Å². The van der Waals surface area contributed by atoms with Crippen LogP contribution in [-0.2, 0) is 11.3 Å². The van der Waals surface area contributed by atoms with Gasteiger partial charge in [0, 0.05) is 30.3 Å². The van der Waals surface area contributed by atoms with Crippen molar-refractivity contribution in [2.45, 2.75) is 25.4 Å². The number of hydrogen-bond acceptors (Lipinski definition) is 4. The number of benzene rings is 2. The fourth-order valence-electron chi connectivity index (χ4n) is 3.79. The molecule has 1 atom stereocenters. The molecule has 2 heterocycles. The number of rotatable bonds is 6. The zero-order valence-corrected chi connectivity index (χ0v) is 16.9. The molecule has 1 aliphatic rings. The first-order valence-corrected chi connectivity index (χ1v) is 9.96. The third-order valence-corrected chi connectivity index (χ3v) is 5.32. The van der Waals surface area contributed by atoms with Gasteiger partial charge in [0.1, 0.15) is 23.5 Å². The number of pyridine rings is 1. The van der Waals surface area contributed by atoms with Crippen LogP contribution in [0.25, 0.3) is 0 Å². The molecule has 0 spiro atoms. The summed E-state index contributed by atoms with van der Waals surface area (Å²) >= 11 is 0. The molecule has 8 heteroatoms. The van der Waals surface area contributed by atoms with Gasteiger partial charge in [-0.15, -0.1) is 0 Å². The summed E-state index contributed by atoms with van der Waals surface area (Å²) in [5.74, 6) is -1.27. The zero-order valence-electron chi connectivity index (χ0n) is 16.9. The average Bonchev–Trinajstić information content (AvgIpc) is 3.06. The molecule has 0 bridgehead atoms. The molecule has 1 aromatic heterocycles. The van der Waals surface area contributed by atoms with Gasteiger partial charge in [0.2, 0.25) is 5.91 Å². The summed E-state index contributed by atoms with van der Waals surface area (Å²) in [5, 5.41) is 11.5. The fourth-order valence-corrected chi connectivity index (χ4v) is 3.79. The van der Waals surface area contributed by atoms with Crippen LogP contribution >= 0.6 is 0 Å². The van der Waals surface area contributed by atoms with Crippen LogP contribution < -0.4 is 5.32 Å². The second kappa shape index (κ2) is 8.94. The first-order chi connectivity index (χ1) is 15.5. The molecule has 4 rings (SSSR count). The molecular formula is C24H18F2N4O2. The van der Waals surface area contributed by atoms with Crippen molar-refractivity contribution in [1.82, 2.24) is 9.88 Å². The van der Waals surface area contributed by atoms with Gasteiger partial charge < -0.3 is 10.2 Å².